The summed E-state index contributed by atoms with van der Waals surface area (Å²) in [4.78, 5) is 18.6. The highest BCUT2D eigenvalue weighted by Gasteiger charge is 2.30. The van der Waals surface area contributed by atoms with Gasteiger partial charge in [-0.1, -0.05) is 20.3 Å². The van der Waals surface area contributed by atoms with E-state index in [4.69, 9.17) is 10.5 Å². The van der Waals surface area contributed by atoms with Crippen LogP contribution in [0.15, 0.2) is 12.3 Å². The molecule has 1 aliphatic heterocycles. The van der Waals surface area contributed by atoms with E-state index in [2.05, 4.69) is 23.7 Å². The van der Waals surface area contributed by atoms with Gasteiger partial charge in [-0.3, -0.25) is 0 Å². The fraction of sp³-hybridized carbons (Fsp3) is 0.625. The molecule has 2 rings (SSSR count). The third-order valence-corrected chi connectivity index (χ3v) is 4.51. The molecule has 2 heterocycles. The van der Waals surface area contributed by atoms with Crippen molar-refractivity contribution in [1.29, 1.82) is 0 Å². The summed E-state index contributed by atoms with van der Waals surface area (Å²) in [6.07, 6.45) is 5.00. The second-order valence-electron chi connectivity index (χ2n) is 6.01. The van der Waals surface area contributed by atoms with Crippen molar-refractivity contribution in [3.63, 3.8) is 0 Å². The van der Waals surface area contributed by atoms with E-state index in [0.29, 0.717) is 29.1 Å². The quantitative estimate of drug-likeness (QED) is 0.864. The zero-order chi connectivity index (χ0) is 15.5. The number of esters is 1. The van der Waals surface area contributed by atoms with Crippen molar-refractivity contribution in [1.82, 2.24) is 4.98 Å². The fourth-order valence-corrected chi connectivity index (χ4v) is 2.70. The van der Waals surface area contributed by atoms with Crippen LogP contribution in [0.25, 0.3) is 0 Å². The summed E-state index contributed by atoms with van der Waals surface area (Å²) in [6, 6.07) is 1.66. The number of nitrogen functional groups attached to an aromatic ring is 1. The van der Waals surface area contributed by atoms with E-state index in [0.717, 1.165) is 25.9 Å². The Bertz CT molecular complexity index is 508. The van der Waals surface area contributed by atoms with E-state index in [1.807, 2.05) is 0 Å². The predicted octanol–water partition coefficient (Wildman–Crippen LogP) is 2.86. The second kappa shape index (κ2) is 6.33. The van der Waals surface area contributed by atoms with Crippen molar-refractivity contribution < 1.29 is 9.53 Å². The fourth-order valence-electron chi connectivity index (χ4n) is 2.70. The summed E-state index contributed by atoms with van der Waals surface area (Å²) in [7, 11) is 0. The highest BCUT2D eigenvalue weighted by molar-refractivity contribution is 5.95. The molecule has 0 spiro atoms. The van der Waals surface area contributed by atoms with Gasteiger partial charge in [0.05, 0.1) is 18.5 Å². The average Bonchev–Trinajstić information content (AvgIpc) is 2.48. The van der Waals surface area contributed by atoms with Crippen LogP contribution in [0.1, 0.15) is 50.4 Å². The molecule has 1 aromatic rings. The molecule has 1 aromatic heterocycles. The van der Waals surface area contributed by atoms with Gasteiger partial charge in [0.25, 0.3) is 0 Å². The summed E-state index contributed by atoms with van der Waals surface area (Å²) >= 11 is 0. The van der Waals surface area contributed by atoms with E-state index in [9.17, 15) is 4.79 Å². The Balaban J connectivity index is 2.22. The third-order valence-electron chi connectivity index (χ3n) is 4.51. The van der Waals surface area contributed by atoms with Gasteiger partial charge in [-0.25, -0.2) is 9.78 Å². The van der Waals surface area contributed by atoms with Crippen LogP contribution in [-0.2, 0) is 4.74 Å². The number of hydrogen-bond acceptors (Lipinski definition) is 5. The molecular formula is C16H25N3O2. The normalized spacial score (nSPS) is 17.6. The molecule has 5 heteroatoms. The largest absolute Gasteiger partial charge is 0.462 e. The van der Waals surface area contributed by atoms with Crippen LogP contribution in [0.4, 0.5) is 11.5 Å². The van der Waals surface area contributed by atoms with Crippen LogP contribution < -0.4 is 10.6 Å². The first-order valence-electron chi connectivity index (χ1n) is 7.66. The first kappa shape index (κ1) is 15.6. The number of aromatic nitrogens is 1. The summed E-state index contributed by atoms with van der Waals surface area (Å²) in [5, 5.41) is 0. The topological polar surface area (TPSA) is 68.5 Å². The molecule has 0 unspecified atom stereocenters. The lowest BCUT2D eigenvalue weighted by molar-refractivity contribution is 0.0526. The first-order chi connectivity index (χ1) is 9.99. The lowest BCUT2D eigenvalue weighted by Gasteiger charge is -2.39. The SMILES string of the molecule is CCOC(=O)c1cc(N)cnc1N1CCC(C)(CC)CC1. The van der Waals surface area contributed by atoms with Gasteiger partial charge < -0.3 is 15.4 Å². The Labute approximate surface area is 126 Å². The summed E-state index contributed by atoms with van der Waals surface area (Å²) in [5.74, 6) is 0.344. The Kier molecular flexibility index (Phi) is 4.70. The molecule has 0 bridgehead atoms. The van der Waals surface area contributed by atoms with Gasteiger partial charge in [0.15, 0.2) is 0 Å². The number of anilines is 2. The number of pyridine rings is 1. The highest BCUT2D eigenvalue weighted by Crippen LogP contribution is 2.36. The number of piperidine rings is 1. The van der Waals surface area contributed by atoms with Crippen molar-refractivity contribution in [2.45, 2.75) is 40.0 Å². The van der Waals surface area contributed by atoms with Crippen LogP contribution in [0.3, 0.4) is 0 Å². The Morgan fingerprint density at radius 3 is 2.67 bits per heavy atom. The maximum absolute atomic E-state index is 12.1. The molecule has 0 radical (unpaired) electrons. The van der Waals surface area contributed by atoms with E-state index in [1.54, 1.807) is 19.2 Å². The van der Waals surface area contributed by atoms with Gasteiger partial charge in [-0.05, 0) is 31.2 Å². The van der Waals surface area contributed by atoms with Crippen molar-refractivity contribution in [3.05, 3.63) is 17.8 Å². The average molecular weight is 291 g/mol. The van der Waals surface area contributed by atoms with Crippen LogP contribution in [0.2, 0.25) is 0 Å². The van der Waals surface area contributed by atoms with Crippen molar-refractivity contribution >= 4 is 17.5 Å². The van der Waals surface area contributed by atoms with Crippen molar-refractivity contribution in [2.24, 2.45) is 5.41 Å². The van der Waals surface area contributed by atoms with Crippen LogP contribution >= 0.6 is 0 Å². The molecule has 5 nitrogen and oxygen atoms in total. The third kappa shape index (κ3) is 3.46. The number of nitrogens with two attached hydrogens (primary N) is 1. The number of nitrogens with zero attached hydrogens (tertiary/aromatic N) is 2. The molecule has 0 aliphatic carbocycles. The second-order valence-corrected chi connectivity index (χ2v) is 6.01. The van der Waals surface area contributed by atoms with E-state index in [-0.39, 0.29) is 5.97 Å². The minimum Gasteiger partial charge on any atom is -0.462 e. The zero-order valence-corrected chi connectivity index (χ0v) is 13.2. The van der Waals surface area contributed by atoms with Gasteiger partial charge in [0.2, 0.25) is 0 Å². The maximum atomic E-state index is 12.1. The molecule has 0 atom stereocenters. The summed E-state index contributed by atoms with van der Waals surface area (Å²) in [6.45, 7) is 8.53. The molecule has 21 heavy (non-hydrogen) atoms. The first-order valence-corrected chi connectivity index (χ1v) is 7.66. The van der Waals surface area contributed by atoms with Crippen LogP contribution in [0, 0.1) is 5.41 Å². The number of ether oxygens (including phenoxy) is 1. The minimum atomic E-state index is -0.351. The van der Waals surface area contributed by atoms with Gasteiger partial charge in [0, 0.05) is 13.1 Å². The predicted molar refractivity (Wildman–Crippen MR) is 84.5 cm³/mol. The Morgan fingerprint density at radius 2 is 2.10 bits per heavy atom. The molecule has 1 fully saturated rings. The number of carbonyl (C=O) groups is 1. The Hall–Kier alpha value is -1.78. The van der Waals surface area contributed by atoms with E-state index in [1.165, 1.54) is 6.42 Å². The summed E-state index contributed by atoms with van der Waals surface area (Å²) < 4.78 is 5.12. The minimum absolute atomic E-state index is 0.348. The molecule has 1 aliphatic rings. The van der Waals surface area contributed by atoms with Gasteiger partial charge in [-0.2, -0.15) is 0 Å². The number of carbonyl (C=O) groups excluding carboxylic acids is 1. The Morgan fingerprint density at radius 1 is 1.43 bits per heavy atom. The molecule has 116 valence electrons. The molecule has 0 aromatic carbocycles. The summed E-state index contributed by atoms with van der Waals surface area (Å²) in [5.41, 5.74) is 7.12. The standard InChI is InChI=1S/C16H25N3O2/c1-4-16(3)6-8-19(9-7-16)14-13(15(20)21-5-2)10-12(17)11-18-14/h10-11H,4-9,17H2,1-3H3. The van der Waals surface area contributed by atoms with Crippen molar-refractivity contribution in [3.8, 4) is 0 Å². The molecule has 2 N–H and O–H groups in total. The van der Waals surface area contributed by atoms with Crippen molar-refractivity contribution in [2.75, 3.05) is 30.3 Å². The lowest BCUT2D eigenvalue weighted by Crippen LogP contribution is -2.39. The lowest BCUT2D eigenvalue weighted by atomic mass is 9.78. The molecule has 1 saturated heterocycles. The molecule has 0 amide bonds. The van der Waals surface area contributed by atoms with E-state index < -0.39 is 0 Å². The molecule has 0 saturated carbocycles. The van der Waals surface area contributed by atoms with Crippen LogP contribution in [-0.4, -0.2) is 30.6 Å². The van der Waals surface area contributed by atoms with Gasteiger partial charge in [-0.15, -0.1) is 0 Å². The maximum Gasteiger partial charge on any atom is 0.341 e. The van der Waals surface area contributed by atoms with E-state index >= 15 is 0 Å². The van der Waals surface area contributed by atoms with Crippen LogP contribution in [0.5, 0.6) is 0 Å². The monoisotopic (exact) mass is 291 g/mol. The number of rotatable bonds is 4. The molecular weight excluding hydrogens is 266 g/mol. The van der Waals surface area contributed by atoms with Gasteiger partial charge in [0.1, 0.15) is 11.4 Å². The van der Waals surface area contributed by atoms with Gasteiger partial charge >= 0.3 is 5.97 Å². The smallest absolute Gasteiger partial charge is 0.341 e. The highest BCUT2D eigenvalue weighted by atomic mass is 16.5. The zero-order valence-electron chi connectivity index (χ0n) is 13.2. The number of hydrogen-bond donors (Lipinski definition) is 1.